The maximum Gasteiger partial charge on any atom is 0.408 e. The molecule has 136 valence electrons. The standard InChI is InChI=1S/C20H22N2O4/c23-17-11-12-21(14-17)19(24)18(16-9-5-2-6-10-16)22(20(25)26)13-15-7-3-1-4-8-15/h1-10,17-18,23H,11-14H2,(H,25,26)/t17?,18-/m0/s1. The summed E-state index contributed by atoms with van der Waals surface area (Å²) in [5.41, 5.74) is 1.43. The molecule has 2 atom stereocenters. The van der Waals surface area contributed by atoms with Crippen molar-refractivity contribution in [2.24, 2.45) is 0 Å². The molecule has 0 aliphatic carbocycles. The van der Waals surface area contributed by atoms with Gasteiger partial charge in [0.15, 0.2) is 0 Å². The van der Waals surface area contributed by atoms with Crippen LogP contribution in [0.15, 0.2) is 60.7 Å². The fourth-order valence-corrected chi connectivity index (χ4v) is 3.26. The minimum absolute atomic E-state index is 0.109. The van der Waals surface area contributed by atoms with Gasteiger partial charge in [-0.2, -0.15) is 0 Å². The average Bonchev–Trinajstić information content (AvgIpc) is 3.09. The van der Waals surface area contributed by atoms with Gasteiger partial charge < -0.3 is 15.1 Å². The van der Waals surface area contributed by atoms with E-state index in [-0.39, 0.29) is 19.0 Å². The van der Waals surface area contributed by atoms with Gasteiger partial charge in [-0.15, -0.1) is 0 Å². The molecule has 0 bridgehead atoms. The Hall–Kier alpha value is -2.86. The Labute approximate surface area is 152 Å². The number of hydrogen-bond donors (Lipinski definition) is 2. The summed E-state index contributed by atoms with van der Waals surface area (Å²) < 4.78 is 0. The molecule has 2 aromatic carbocycles. The number of benzene rings is 2. The highest BCUT2D eigenvalue weighted by Gasteiger charge is 2.36. The van der Waals surface area contributed by atoms with Crippen molar-refractivity contribution in [1.29, 1.82) is 0 Å². The van der Waals surface area contributed by atoms with E-state index in [0.717, 1.165) is 10.5 Å². The summed E-state index contributed by atoms with van der Waals surface area (Å²) in [7, 11) is 0. The fourth-order valence-electron chi connectivity index (χ4n) is 3.26. The molecule has 3 rings (SSSR count). The Kier molecular flexibility index (Phi) is 5.53. The zero-order chi connectivity index (χ0) is 18.5. The smallest absolute Gasteiger partial charge is 0.408 e. The maximum atomic E-state index is 13.1. The molecule has 2 aromatic rings. The SMILES string of the molecule is O=C([C@H](c1ccccc1)N(Cc1ccccc1)C(=O)O)N1CCC(O)C1. The van der Waals surface area contributed by atoms with E-state index in [9.17, 15) is 19.8 Å². The molecule has 2 N–H and O–H groups in total. The first-order valence-corrected chi connectivity index (χ1v) is 8.61. The number of aliphatic hydroxyl groups is 1. The van der Waals surface area contributed by atoms with Gasteiger partial charge in [-0.05, 0) is 17.5 Å². The third-order valence-electron chi connectivity index (χ3n) is 4.58. The summed E-state index contributed by atoms with van der Waals surface area (Å²) in [6, 6.07) is 17.2. The highest BCUT2D eigenvalue weighted by atomic mass is 16.4. The van der Waals surface area contributed by atoms with Gasteiger partial charge in [0.25, 0.3) is 0 Å². The predicted molar refractivity (Wildman–Crippen MR) is 96.4 cm³/mol. The van der Waals surface area contributed by atoms with Crippen LogP contribution in [0, 0.1) is 0 Å². The molecule has 0 saturated carbocycles. The van der Waals surface area contributed by atoms with Crippen LogP contribution >= 0.6 is 0 Å². The van der Waals surface area contributed by atoms with Gasteiger partial charge in [0.05, 0.1) is 12.6 Å². The molecule has 0 spiro atoms. The second-order valence-electron chi connectivity index (χ2n) is 6.44. The van der Waals surface area contributed by atoms with Crippen LogP contribution in [0.5, 0.6) is 0 Å². The Morgan fingerprint density at radius 1 is 1.08 bits per heavy atom. The molecule has 0 aromatic heterocycles. The number of nitrogens with zero attached hydrogens (tertiary/aromatic N) is 2. The van der Waals surface area contributed by atoms with Crippen LogP contribution in [0.4, 0.5) is 4.79 Å². The van der Waals surface area contributed by atoms with Crippen LogP contribution in [0.2, 0.25) is 0 Å². The van der Waals surface area contributed by atoms with E-state index in [2.05, 4.69) is 0 Å². The van der Waals surface area contributed by atoms with Crippen molar-refractivity contribution >= 4 is 12.0 Å². The number of likely N-dealkylation sites (tertiary alicyclic amines) is 1. The second kappa shape index (κ2) is 8.01. The topological polar surface area (TPSA) is 81.1 Å². The van der Waals surface area contributed by atoms with Crippen LogP contribution < -0.4 is 0 Å². The van der Waals surface area contributed by atoms with Crippen LogP contribution in [0.25, 0.3) is 0 Å². The lowest BCUT2D eigenvalue weighted by Gasteiger charge is -2.32. The quantitative estimate of drug-likeness (QED) is 0.864. The zero-order valence-electron chi connectivity index (χ0n) is 14.4. The summed E-state index contributed by atoms with van der Waals surface area (Å²) in [5, 5.41) is 19.6. The van der Waals surface area contributed by atoms with Gasteiger partial charge >= 0.3 is 6.09 Å². The molecule has 1 unspecified atom stereocenters. The number of amides is 2. The molecular weight excluding hydrogens is 332 g/mol. The normalized spacial score (nSPS) is 17.7. The third-order valence-corrected chi connectivity index (χ3v) is 4.58. The highest BCUT2D eigenvalue weighted by Crippen LogP contribution is 2.27. The number of β-amino-alcohol motifs (C(OH)–C–C–N with tert-alkyl or cyclic N) is 1. The summed E-state index contributed by atoms with van der Waals surface area (Å²) in [6.07, 6.45) is -1.20. The Balaban J connectivity index is 1.94. The first kappa shape index (κ1) is 17.9. The summed E-state index contributed by atoms with van der Waals surface area (Å²) in [4.78, 5) is 27.9. The van der Waals surface area contributed by atoms with E-state index in [1.807, 2.05) is 36.4 Å². The minimum Gasteiger partial charge on any atom is -0.465 e. The first-order chi connectivity index (χ1) is 12.6. The fraction of sp³-hybridized carbons (Fsp3) is 0.300. The number of rotatable bonds is 5. The zero-order valence-corrected chi connectivity index (χ0v) is 14.4. The molecule has 6 heteroatoms. The molecule has 26 heavy (non-hydrogen) atoms. The molecule has 1 aliphatic rings. The number of carbonyl (C=O) groups is 2. The lowest BCUT2D eigenvalue weighted by Crippen LogP contribution is -2.44. The van der Waals surface area contributed by atoms with Crippen molar-refractivity contribution in [3.8, 4) is 0 Å². The molecule has 0 radical (unpaired) electrons. The minimum atomic E-state index is -1.16. The first-order valence-electron chi connectivity index (χ1n) is 8.61. The van der Waals surface area contributed by atoms with E-state index in [1.54, 1.807) is 29.2 Å². The molecule has 1 aliphatic heterocycles. The van der Waals surface area contributed by atoms with E-state index in [4.69, 9.17) is 0 Å². The number of hydrogen-bond acceptors (Lipinski definition) is 3. The predicted octanol–water partition coefficient (Wildman–Crippen LogP) is 2.50. The van der Waals surface area contributed by atoms with Crippen LogP contribution in [0.1, 0.15) is 23.6 Å². The van der Waals surface area contributed by atoms with Crippen molar-refractivity contribution in [3.05, 3.63) is 71.8 Å². The van der Waals surface area contributed by atoms with Crippen molar-refractivity contribution in [3.63, 3.8) is 0 Å². The maximum absolute atomic E-state index is 13.1. The van der Waals surface area contributed by atoms with E-state index in [0.29, 0.717) is 18.5 Å². The Morgan fingerprint density at radius 3 is 2.23 bits per heavy atom. The summed E-state index contributed by atoms with van der Waals surface area (Å²) in [6.45, 7) is 0.779. The molecule has 1 saturated heterocycles. The monoisotopic (exact) mass is 354 g/mol. The summed E-state index contributed by atoms with van der Waals surface area (Å²) >= 11 is 0. The van der Waals surface area contributed by atoms with Gasteiger partial charge in [0, 0.05) is 13.1 Å². The van der Waals surface area contributed by atoms with Gasteiger partial charge in [-0.3, -0.25) is 9.69 Å². The average molecular weight is 354 g/mol. The van der Waals surface area contributed by atoms with Crippen LogP contribution in [-0.4, -0.2) is 51.2 Å². The third kappa shape index (κ3) is 4.03. The molecule has 2 amide bonds. The van der Waals surface area contributed by atoms with E-state index < -0.39 is 18.2 Å². The van der Waals surface area contributed by atoms with E-state index >= 15 is 0 Å². The van der Waals surface area contributed by atoms with Gasteiger partial charge in [-0.25, -0.2) is 4.79 Å². The van der Waals surface area contributed by atoms with Crippen molar-refractivity contribution in [2.75, 3.05) is 13.1 Å². The molecular formula is C20H22N2O4. The lowest BCUT2D eigenvalue weighted by molar-refractivity contribution is -0.136. The number of carbonyl (C=O) groups excluding carboxylic acids is 1. The molecule has 1 fully saturated rings. The molecule has 6 nitrogen and oxygen atoms in total. The molecule has 1 heterocycles. The largest absolute Gasteiger partial charge is 0.465 e. The Bertz CT molecular complexity index is 751. The lowest BCUT2D eigenvalue weighted by atomic mass is 10.0. The Morgan fingerprint density at radius 2 is 1.69 bits per heavy atom. The number of carboxylic acid groups (broad SMARTS) is 1. The summed E-state index contributed by atoms with van der Waals surface area (Å²) in [5.74, 6) is -0.300. The van der Waals surface area contributed by atoms with Crippen molar-refractivity contribution < 1.29 is 19.8 Å². The highest BCUT2D eigenvalue weighted by molar-refractivity contribution is 5.87. The van der Waals surface area contributed by atoms with Crippen LogP contribution in [0.3, 0.4) is 0 Å². The van der Waals surface area contributed by atoms with Crippen molar-refractivity contribution in [1.82, 2.24) is 9.80 Å². The van der Waals surface area contributed by atoms with Gasteiger partial charge in [0.2, 0.25) is 5.91 Å². The van der Waals surface area contributed by atoms with Crippen LogP contribution in [-0.2, 0) is 11.3 Å². The van der Waals surface area contributed by atoms with Gasteiger partial charge in [0.1, 0.15) is 6.04 Å². The number of aliphatic hydroxyl groups excluding tert-OH is 1. The second-order valence-corrected chi connectivity index (χ2v) is 6.44. The van der Waals surface area contributed by atoms with Gasteiger partial charge in [-0.1, -0.05) is 60.7 Å². The van der Waals surface area contributed by atoms with Crippen molar-refractivity contribution in [2.45, 2.75) is 25.1 Å². The van der Waals surface area contributed by atoms with E-state index in [1.165, 1.54) is 0 Å².